The number of fused-ring (bicyclic) bond motifs is 1. The monoisotopic (exact) mass is 352 g/mol. The summed E-state index contributed by atoms with van der Waals surface area (Å²) < 4.78 is 11.5. The molecular formula is C22H28N2O2. The van der Waals surface area contributed by atoms with E-state index in [0.29, 0.717) is 18.6 Å². The number of methoxy groups -OCH3 is 1. The second-order valence-corrected chi connectivity index (χ2v) is 7.47. The molecule has 1 fully saturated rings. The number of aryl methyl sites for hydroxylation is 1. The van der Waals surface area contributed by atoms with Gasteiger partial charge in [-0.2, -0.15) is 0 Å². The van der Waals surface area contributed by atoms with Gasteiger partial charge < -0.3 is 14.4 Å². The van der Waals surface area contributed by atoms with Gasteiger partial charge in [0.25, 0.3) is 0 Å². The molecule has 2 aromatic rings. The summed E-state index contributed by atoms with van der Waals surface area (Å²) >= 11 is 0. The predicted molar refractivity (Wildman–Crippen MR) is 103 cm³/mol. The smallest absolute Gasteiger partial charge is 0.119 e. The minimum atomic E-state index is 0.385. The first-order valence-electron chi connectivity index (χ1n) is 9.71. The molecule has 1 aromatic carbocycles. The van der Waals surface area contributed by atoms with E-state index in [1.165, 1.54) is 29.5 Å². The van der Waals surface area contributed by atoms with E-state index >= 15 is 0 Å². The molecule has 0 saturated carbocycles. The molecule has 1 unspecified atom stereocenters. The third-order valence-electron chi connectivity index (χ3n) is 5.80. The maximum Gasteiger partial charge on any atom is 0.119 e. The summed E-state index contributed by atoms with van der Waals surface area (Å²) in [7, 11) is 1.75. The summed E-state index contributed by atoms with van der Waals surface area (Å²) in [6.07, 6.45) is 8.77. The highest BCUT2D eigenvalue weighted by Gasteiger charge is 2.27. The molecule has 1 aliphatic heterocycles. The number of aromatic nitrogens is 1. The van der Waals surface area contributed by atoms with Crippen molar-refractivity contribution in [3.05, 3.63) is 59.4 Å². The van der Waals surface area contributed by atoms with Crippen molar-refractivity contribution in [1.82, 2.24) is 9.88 Å². The summed E-state index contributed by atoms with van der Waals surface area (Å²) in [6.45, 7) is 4.13. The Bertz CT molecular complexity index is 711. The van der Waals surface area contributed by atoms with E-state index in [0.717, 1.165) is 38.2 Å². The Morgan fingerprint density at radius 2 is 1.88 bits per heavy atom. The van der Waals surface area contributed by atoms with Gasteiger partial charge in [0.05, 0.1) is 19.8 Å². The average Bonchev–Trinajstić information content (AvgIpc) is 3.10. The number of likely N-dealkylation sites (tertiary alicyclic amines) is 1. The van der Waals surface area contributed by atoms with Crippen LogP contribution in [0.2, 0.25) is 0 Å². The standard InChI is InChI=1S/C22H28N2O2/c1-25-21-5-4-18-2-3-19(22(18)14-21)15-24-12-8-20(9-13-24)26-16-17-6-10-23-11-7-17/h4-7,10-11,14,19-20H,2-3,8-9,12-13,15-16H2,1H3. The molecular weight excluding hydrogens is 324 g/mol. The van der Waals surface area contributed by atoms with Crippen LogP contribution < -0.4 is 4.74 Å². The van der Waals surface area contributed by atoms with E-state index in [2.05, 4.69) is 28.1 Å². The highest BCUT2D eigenvalue weighted by Crippen LogP contribution is 2.36. The van der Waals surface area contributed by atoms with Crippen LogP contribution in [-0.4, -0.2) is 42.7 Å². The number of piperidine rings is 1. The fraction of sp³-hybridized carbons (Fsp3) is 0.500. The quantitative estimate of drug-likeness (QED) is 0.792. The van der Waals surface area contributed by atoms with Crippen LogP contribution in [0, 0.1) is 0 Å². The van der Waals surface area contributed by atoms with Gasteiger partial charge in [-0.25, -0.2) is 0 Å². The number of pyridine rings is 1. The van der Waals surface area contributed by atoms with Crippen LogP contribution in [0.3, 0.4) is 0 Å². The van der Waals surface area contributed by atoms with Crippen LogP contribution in [0.15, 0.2) is 42.7 Å². The third kappa shape index (κ3) is 4.08. The van der Waals surface area contributed by atoms with Gasteiger partial charge in [-0.1, -0.05) is 6.07 Å². The van der Waals surface area contributed by atoms with E-state index in [1.54, 1.807) is 7.11 Å². The molecule has 1 saturated heterocycles. The summed E-state index contributed by atoms with van der Waals surface area (Å²) in [5, 5.41) is 0. The average molecular weight is 352 g/mol. The maximum atomic E-state index is 6.10. The highest BCUT2D eigenvalue weighted by atomic mass is 16.5. The Morgan fingerprint density at radius 3 is 2.65 bits per heavy atom. The maximum absolute atomic E-state index is 6.10. The molecule has 2 aliphatic rings. The van der Waals surface area contributed by atoms with Crippen molar-refractivity contribution >= 4 is 0 Å². The molecule has 0 amide bonds. The lowest BCUT2D eigenvalue weighted by Crippen LogP contribution is -2.39. The predicted octanol–water partition coefficient (Wildman–Crippen LogP) is 3.80. The number of hydrogen-bond donors (Lipinski definition) is 0. The van der Waals surface area contributed by atoms with Crippen LogP contribution in [0.4, 0.5) is 0 Å². The van der Waals surface area contributed by atoms with E-state index < -0.39 is 0 Å². The first-order chi connectivity index (χ1) is 12.8. The molecule has 0 radical (unpaired) electrons. The second kappa shape index (κ2) is 8.19. The van der Waals surface area contributed by atoms with Crippen LogP contribution >= 0.6 is 0 Å². The molecule has 2 heterocycles. The fourth-order valence-electron chi connectivity index (χ4n) is 4.25. The van der Waals surface area contributed by atoms with Crippen LogP contribution in [0.5, 0.6) is 5.75 Å². The van der Waals surface area contributed by atoms with Gasteiger partial charge in [0.2, 0.25) is 0 Å². The first kappa shape index (κ1) is 17.5. The largest absolute Gasteiger partial charge is 0.497 e. The molecule has 0 N–H and O–H groups in total. The first-order valence-corrected chi connectivity index (χ1v) is 9.71. The lowest BCUT2D eigenvalue weighted by atomic mass is 9.98. The molecule has 26 heavy (non-hydrogen) atoms. The molecule has 0 bridgehead atoms. The van der Waals surface area contributed by atoms with E-state index in [1.807, 2.05) is 24.5 Å². The SMILES string of the molecule is COc1ccc2c(c1)C(CN1CCC(OCc3ccncc3)CC1)CC2. The molecule has 1 aliphatic carbocycles. The van der Waals surface area contributed by atoms with Crippen molar-refractivity contribution in [2.24, 2.45) is 0 Å². The second-order valence-electron chi connectivity index (χ2n) is 7.47. The zero-order chi connectivity index (χ0) is 17.8. The summed E-state index contributed by atoms with van der Waals surface area (Å²) in [6, 6.07) is 10.6. The van der Waals surface area contributed by atoms with E-state index in [-0.39, 0.29) is 0 Å². The Hall–Kier alpha value is -1.91. The van der Waals surface area contributed by atoms with Gasteiger partial charge in [0, 0.05) is 32.0 Å². The summed E-state index contributed by atoms with van der Waals surface area (Å²) in [4.78, 5) is 6.67. The van der Waals surface area contributed by atoms with Crippen LogP contribution in [0.1, 0.15) is 41.9 Å². The topological polar surface area (TPSA) is 34.6 Å². The number of ether oxygens (including phenoxy) is 2. The van der Waals surface area contributed by atoms with Crippen molar-refractivity contribution in [3.63, 3.8) is 0 Å². The number of hydrogen-bond acceptors (Lipinski definition) is 4. The number of rotatable bonds is 6. The Labute approximate surface area is 156 Å². The number of benzene rings is 1. The lowest BCUT2D eigenvalue weighted by Gasteiger charge is -2.33. The molecule has 4 nitrogen and oxygen atoms in total. The van der Waals surface area contributed by atoms with E-state index in [9.17, 15) is 0 Å². The Kier molecular flexibility index (Phi) is 5.51. The van der Waals surface area contributed by atoms with Crippen molar-refractivity contribution in [2.75, 3.05) is 26.7 Å². The zero-order valence-corrected chi connectivity index (χ0v) is 15.6. The van der Waals surface area contributed by atoms with E-state index in [4.69, 9.17) is 9.47 Å². The molecule has 138 valence electrons. The summed E-state index contributed by atoms with van der Waals surface area (Å²) in [5.41, 5.74) is 4.21. The van der Waals surface area contributed by atoms with Gasteiger partial charge in [0.1, 0.15) is 5.75 Å². The minimum absolute atomic E-state index is 0.385. The van der Waals surface area contributed by atoms with Gasteiger partial charge in [0.15, 0.2) is 0 Å². The molecule has 1 atom stereocenters. The van der Waals surface area contributed by atoms with Gasteiger partial charge in [-0.05, 0) is 72.6 Å². The molecule has 0 spiro atoms. The highest BCUT2D eigenvalue weighted by molar-refractivity contribution is 5.41. The Morgan fingerprint density at radius 1 is 1.08 bits per heavy atom. The van der Waals surface area contributed by atoms with Crippen molar-refractivity contribution in [3.8, 4) is 5.75 Å². The lowest BCUT2D eigenvalue weighted by molar-refractivity contribution is -0.00343. The molecule has 4 rings (SSSR count). The Balaban J connectivity index is 1.26. The third-order valence-corrected chi connectivity index (χ3v) is 5.80. The van der Waals surface area contributed by atoms with Gasteiger partial charge in [-0.3, -0.25) is 4.98 Å². The normalized spacial score (nSPS) is 20.9. The zero-order valence-electron chi connectivity index (χ0n) is 15.6. The fourth-order valence-corrected chi connectivity index (χ4v) is 4.25. The van der Waals surface area contributed by atoms with Gasteiger partial charge >= 0.3 is 0 Å². The number of nitrogens with zero attached hydrogens (tertiary/aromatic N) is 2. The van der Waals surface area contributed by atoms with Gasteiger partial charge in [-0.15, -0.1) is 0 Å². The molecule has 4 heteroatoms. The van der Waals surface area contributed by atoms with Crippen molar-refractivity contribution < 1.29 is 9.47 Å². The minimum Gasteiger partial charge on any atom is -0.497 e. The van der Waals surface area contributed by atoms with Crippen molar-refractivity contribution in [1.29, 1.82) is 0 Å². The van der Waals surface area contributed by atoms with Crippen LogP contribution in [0.25, 0.3) is 0 Å². The van der Waals surface area contributed by atoms with Crippen molar-refractivity contribution in [2.45, 2.75) is 44.3 Å². The van der Waals surface area contributed by atoms with Crippen LogP contribution in [-0.2, 0) is 17.8 Å². The molecule has 1 aromatic heterocycles. The summed E-state index contributed by atoms with van der Waals surface area (Å²) in [5.74, 6) is 1.63.